The van der Waals surface area contributed by atoms with E-state index in [1.807, 2.05) is 0 Å². The molecule has 4 nitrogen and oxygen atoms in total. The van der Waals surface area contributed by atoms with Crippen molar-refractivity contribution in [2.24, 2.45) is 0 Å². The molecule has 1 aliphatic carbocycles. The Bertz CT molecular complexity index is 172. The van der Waals surface area contributed by atoms with Gasteiger partial charge in [-0.05, 0) is 19.3 Å². The lowest BCUT2D eigenvalue weighted by molar-refractivity contribution is -0.126. The lowest BCUT2D eigenvalue weighted by Crippen LogP contribution is -2.42. The predicted octanol–water partition coefficient (Wildman–Crippen LogP) is 0.316. The minimum Gasteiger partial charge on any atom is -0.379 e. The van der Waals surface area contributed by atoms with E-state index in [0.29, 0.717) is 0 Å². The standard InChI is InChI=1S/C9H17NO3/c1-12-6-9(11)10-7-4-3-5-8(7)13-2/h7-8H,3-6H2,1-2H3,(H,10,11). The second-order valence-electron chi connectivity index (χ2n) is 3.31. The van der Waals surface area contributed by atoms with Crippen LogP contribution < -0.4 is 5.32 Å². The van der Waals surface area contributed by atoms with E-state index in [2.05, 4.69) is 5.32 Å². The third kappa shape index (κ3) is 2.97. The van der Waals surface area contributed by atoms with E-state index in [1.165, 1.54) is 7.11 Å². The molecule has 1 aliphatic rings. The van der Waals surface area contributed by atoms with Crippen molar-refractivity contribution in [1.29, 1.82) is 0 Å². The number of amides is 1. The molecular formula is C9H17NO3. The topological polar surface area (TPSA) is 47.6 Å². The van der Waals surface area contributed by atoms with Crippen molar-refractivity contribution in [3.63, 3.8) is 0 Å². The first-order valence-electron chi connectivity index (χ1n) is 4.59. The number of hydrogen-bond acceptors (Lipinski definition) is 3. The van der Waals surface area contributed by atoms with Crippen molar-refractivity contribution in [1.82, 2.24) is 5.32 Å². The predicted molar refractivity (Wildman–Crippen MR) is 48.5 cm³/mol. The van der Waals surface area contributed by atoms with Crippen molar-refractivity contribution in [3.8, 4) is 0 Å². The smallest absolute Gasteiger partial charge is 0.246 e. The highest BCUT2D eigenvalue weighted by Crippen LogP contribution is 2.21. The van der Waals surface area contributed by atoms with E-state index < -0.39 is 0 Å². The van der Waals surface area contributed by atoms with Crippen LogP contribution in [-0.2, 0) is 14.3 Å². The number of carbonyl (C=O) groups is 1. The number of methoxy groups -OCH3 is 2. The van der Waals surface area contributed by atoms with Gasteiger partial charge in [-0.25, -0.2) is 0 Å². The van der Waals surface area contributed by atoms with Gasteiger partial charge in [-0.1, -0.05) is 0 Å². The molecule has 0 radical (unpaired) electrons. The SMILES string of the molecule is COCC(=O)NC1CCCC1OC. The molecule has 0 aromatic carbocycles. The maximum atomic E-state index is 11.2. The molecule has 4 heteroatoms. The van der Waals surface area contributed by atoms with Gasteiger partial charge in [-0.2, -0.15) is 0 Å². The number of carbonyl (C=O) groups excluding carboxylic acids is 1. The Balaban J connectivity index is 2.30. The number of nitrogens with one attached hydrogen (secondary N) is 1. The van der Waals surface area contributed by atoms with Crippen LogP contribution in [0.15, 0.2) is 0 Å². The molecule has 1 N–H and O–H groups in total. The third-order valence-corrected chi connectivity index (χ3v) is 2.38. The van der Waals surface area contributed by atoms with E-state index in [-0.39, 0.29) is 24.7 Å². The molecule has 1 fully saturated rings. The molecule has 76 valence electrons. The van der Waals surface area contributed by atoms with Crippen molar-refractivity contribution in [2.45, 2.75) is 31.4 Å². The van der Waals surface area contributed by atoms with Crippen LogP contribution in [0, 0.1) is 0 Å². The van der Waals surface area contributed by atoms with Crippen LogP contribution in [0.1, 0.15) is 19.3 Å². The molecule has 1 amide bonds. The first-order chi connectivity index (χ1) is 6.27. The minimum atomic E-state index is -0.0588. The Kier molecular flexibility index (Phi) is 4.18. The van der Waals surface area contributed by atoms with Gasteiger partial charge in [-0.15, -0.1) is 0 Å². The highest BCUT2D eigenvalue weighted by molar-refractivity contribution is 5.77. The molecule has 13 heavy (non-hydrogen) atoms. The molecular weight excluding hydrogens is 170 g/mol. The summed E-state index contributed by atoms with van der Waals surface area (Å²) in [6.07, 6.45) is 3.35. The summed E-state index contributed by atoms with van der Waals surface area (Å²) in [5.41, 5.74) is 0. The van der Waals surface area contributed by atoms with Crippen LogP contribution in [0.25, 0.3) is 0 Å². The molecule has 2 unspecified atom stereocenters. The van der Waals surface area contributed by atoms with Crippen molar-refractivity contribution in [3.05, 3.63) is 0 Å². The summed E-state index contributed by atoms with van der Waals surface area (Å²) in [6.45, 7) is 0.132. The molecule has 1 rings (SSSR count). The van der Waals surface area contributed by atoms with E-state index in [4.69, 9.17) is 9.47 Å². The molecule has 0 aromatic heterocycles. The molecule has 2 atom stereocenters. The summed E-state index contributed by atoms with van der Waals surface area (Å²) in [4.78, 5) is 11.2. The van der Waals surface area contributed by atoms with Gasteiger partial charge in [0.1, 0.15) is 6.61 Å². The van der Waals surface area contributed by atoms with Gasteiger partial charge >= 0.3 is 0 Å². The fraction of sp³-hybridized carbons (Fsp3) is 0.889. The van der Waals surface area contributed by atoms with Gasteiger partial charge < -0.3 is 14.8 Å². The Morgan fingerprint density at radius 2 is 2.23 bits per heavy atom. The Hall–Kier alpha value is -0.610. The average molecular weight is 187 g/mol. The summed E-state index contributed by atoms with van der Waals surface area (Å²) in [5.74, 6) is -0.0588. The molecule has 0 aliphatic heterocycles. The van der Waals surface area contributed by atoms with Gasteiger partial charge in [0, 0.05) is 14.2 Å². The van der Waals surface area contributed by atoms with Crippen molar-refractivity contribution in [2.75, 3.05) is 20.8 Å². The molecule has 0 aromatic rings. The minimum absolute atomic E-state index is 0.0588. The summed E-state index contributed by atoms with van der Waals surface area (Å²) in [5, 5.41) is 2.89. The quantitative estimate of drug-likeness (QED) is 0.689. The van der Waals surface area contributed by atoms with Crippen LogP contribution >= 0.6 is 0 Å². The second kappa shape index (κ2) is 5.19. The first-order valence-corrected chi connectivity index (χ1v) is 4.59. The highest BCUT2D eigenvalue weighted by atomic mass is 16.5. The highest BCUT2D eigenvalue weighted by Gasteiger charge is 2.27. The summed E-state index contributed by atoms with van der Waals surface area (Å²) >= 11 is 0. The van der Waals surface area contributed by atoms with E-state index >= 15 is 0 Å². The van der Waals surface area contributed by atoms with Crippen LogP contribution in [0.4, 0.5) is 0 Å². The van der Waals surface area contributed by atoms with Gasteiger partial charge in [0.15, 0.2) is 0 Å². The fourth-order valence-electron chi connectivity index (χ4n) is 1.75. The summed E-state index contributed by atoms with van der Waals surface area (Å²) in [6, 6.07) is 0.174. The fourth-order valence-corrected chi connectivity index (χ4v) is 1.75. The van der Waals surface area contributed by atoms with Crippen molar-refractivity contribution >= 4 is 5.91 Å². The van der Waals surface area contributed by atoms with E-state index in [1.54, 1.807) is 7.11 Å². The third-order valence-electron chi connectivity index (χ3n) is 2.38. The van der Waals surface area contributed by atoms with Gasteiger partial charge in [0.05, 0.1) is 12.1 Å². The normalized spacial score (nSPS) is 27.5. The number of hydrogen-bond donors (Lipinski definition) is 1. The molecule has 0 bridgehead atoms. The maximum absolute atomic E-state index is 11.2. The monoisotopic (exact) mass is 187 g/mol. The first kappa shape index (κ1) is 10.5. The maximum Gasteiger partial charge on any atom is 0.246 e. The van der Waals surface area contributed by atoms with Crippen LogP contribution in [0.3, 0.4) is 0 Å². The van der Waals surface area contributed by atoms with Gasteiger partial charge in [0.2, 0.25) is 5.91 Å². The summed E-state index contributed by atoms with van der Waals surface area (Å²) in [7, 11) is 3.20. The molecule has 0 spiro atoms. The van der Waals surface area contributed by atoms with Crippen LogP contribution in [0.5, 0.6) is 0 Å². The zero-order valence-electron chi connectivity index (χ0n) is 8.21. The van der Waals surface area contributed by atoms with Crippen molar-refractivity contribution < 1.29 is 14.3 Å². The molecule has 0 heterocycles. The van der Waals surface area contributed by atoms with E-state index in [0.717, 1.165) is 19.3 Å². The molecule has 1 saturated carbocycles. The Labute approximate surface area is 78.6 Å². The molecule has 0 saturated heterocycles. The summed E-state index contributed by atoms with van der Waals surface area (Å²) < 4.78 is 9.98. The van der Waals surface area contributed by atoms with Gasteiger partial charge in [0.25, 0.3) is 0 Å². The Morgan fingerprint density at radius 3 is 2.85 bits per heavy atom. The largest absolute Gasteiger partial charge is 0.379 e. The van der Waals surface area contributed by atoms with Crippen LogP contribution in [0.2, 0.25) is 0 Å². The van der Waals surface area contributed by atoms with E-state index in [9.17, 15) is 4.79 Å². The number of ether oxygens (including phenoxy) is 2. The Morgan fingerprint density at radius 1 is 1.46 bits per heavy atom. The zero-order chi connectivity index (χ0) is 9.68. The zero-order valence-corrected chi connectivity index (χ0v) is 8.21. The second-order valence-corrected chi connectivity index (χ2v) is 3.31. The average Bonchev–Trinajstić information content (AvgIpc) is 2.52. The van der Waals surface area contributed by atoms with Gasteiger partial charge in [-0.3, -0.25) is 4.79 Å². The lowest BCUT2D eigenvalue weighted by atomic mass is 10.2. The number of rotatable bonds is 4. The lowest BCUT2D eigenvalue weighted by Gasteiger charge is -2.19. The van der Waals surface area contributed by atoms with Crippen LogP contribution in [-0.4, -0.2) is 38.9 Å².